The number of hydrogen-bond acceptors (Lipinski definition) is 4. The molecule has 2 N–H and O–H groups in total. The zero-order valence-corrected chi connectivity index (χ0v) is 15.8. The minimum absolute atomic E-state index is 0.139. The van der Waals surface area contributed by atoms with Gasteiger partial charge in [0.25, 0.3) is 11.8 Å². The molecule has 6 nitrogen and oxygen atoms in total. The van der Waals surface area contributed by atoms with Crippen molar-refractivity contribution in [3.63, 3.8) is 0 Å². The van der Waals surface area contributed by atoms with E-state index in [4.69, 9.17) is 20.8 Å². The summed E-state index contributed by atoms with van der Waals surface area (Å²) in [6.07, 6.45) is 1.26. The van der Waals surface area contributed by atoms with E-state index < -0.39 is 0 Å². The molecule has 1 fully saturated rings. The third-order valence-electron chi connectivity index (χ3n) is 4.57. The summed E-state index contributed by atoms with van der Waals surface area (Å²) in [4.78, 5) is 24.5. The number of halogens is 1. The molecule has 2 heterocycles. The Bertz CT molecular complexity index is 1020. The Balaban J connectivity index is 1.38. The maximum absolute atomic E-state index is 12.4. The van der Waals surface area contributed by atoms with Crippen LogP contribution in [0.3, 0.4) is 0 Å². The normalized spacial score (nSPS) is 16.2. The molecule has 1 saturated heterocycles. The average molecular weight is 399 g/mol. The molecule has 3 aromatic rings. The molecule has 4 rings (SSSR count). The summed E-state index contributed by atoms with van der Waals surface area (Å²) in [5.41, 5.74) is 2.14. The highest BCUT2D eigenvalue weighted by atomic mass is 35.5. The van der Waals surface area contributed by atoms with Crippen molar-refractivity contribution in [2.24, 2.45) is 0 Å². The summed E-state index contributed by atoms with van der Waals surface area (Å²) in [6, 6.07) is 14.2. The molecule has 0 radical (unpaired) electrons. The van der Waals surface area contributed by atoms with Crippen LogP contribution in [0.1, 0.15) is 29.0 Å². The number of nitrogens with one attached hydrogen (secondary N) is 2. The van der Waals surface area contributed by atoms with Crippen LogP contribution < -0.4 is 10.6 Å². The van der Waals surface area contributed by atoms with E-state index in [1.165, 1.54) is 0 Å². The van der Waals surface area contributed by atoms with Crippen LogP contribution in [0.4, 0.5) is 5.69 Å². The zero-order valence-electron chi connectivity index (χ0n) is 15.0. The standard InChI is InChI=1S/C21H19ClN2O4/c22-15-6-7-17-14(10-15)11-19(28-17)20(25)23-12-13-3-1-4-16(9-13)24-21(26)18-5-2-8-27-18/h1,3-4,6-7,9-11,18H,2,5,8,12H2,(H,23,25)(H,24,26). The molecule has 1 aromatic heterocycles. The van der Waals surface area contributed by atoms with Gasteiger partial charge < -0.3 is 19.8 Å². The molecule has 0 aliphatic carbocycles. The highest BCUT2D eigenvalue weighted by Crippen LogP contribution is 2.23. The lowest BCUT2D eigenvalue weighted by Crippen LogP contribution is -2.27. The summed E-state index contributed by atoms with van der Waals surface area (Å²) in [6.45, 7) is 0.929. The lowest BCUT2D eigenvalue weighted by atomic mass is 10.2. The van der Waals surface area contributed by atoms with Crippen LogP contribution in [-0.4, -0.2) is 24.5 Å². The number of ether oxygens (including phenoxy) is 1. The average Bonchev–Trinajstić information content (AvgIpc) is 3.36. The van der Waals surface area contributed by atoms with Crippen LogP contribution in [0.5, 0.6) is 0 Å². The fraction of sp³-hybridized carbons (Fsp3) is 0.238. The summed E-state index contributed by atoms with van der Waals surface area (Å²) in [7, 11) is 0. The molecule has 2 aromatic carbocycles. The van der Waals surface area contributed by atoms with Gasteiger partial charge in [0.1, 0.15) is 11.7 Å². The van der Waals surface area contributed by atoms with Crippen molar-refractivity contribution < 1.29 is 18.7 Å². The first-order valence-corrected chi connectivity index (χ1v) is 9.45. The van der Waals surface area contributed by atoms with Gasteiger partial charge in [-0.15, -0.1) is 0 Å². The number of fused-ring (bicyclic) bond motifs is 1. The van der Waals surface area contributed by atoms with E-state index in [-0.39, 0.29) is 23.7 Å². The largest absolute Gasteiger partial charge is 0.451 e. The van der Waals surface area contributed by atoms with Gasteiger partial charge in [-0.05, 0) is 54.8 Å². The molecule has 7 heteroatoms. The van der Waals surface area contributed by atoms with Crippen molar-refractivity contribution in [2.45, 2.75) is 25.5 Å². The number of hydrogen-bond donors (Lipinski definition) is 2. The molecular formula is C21H19ClN2O4. The van der Waals surface area contributed by atoms with Crippen LogP contribution in [-0.2, 0) is 16.1 Å². The van der Waals surface area contributed by atoms with Crippen LogP contribution in [0.25, 0.3) is 11.0 Å². The van der Waals surface area contributed by atoms with Gasteiger partial charge in [0, 0.05) is 29.2 Å². The molecule has 28 heavy (non-hydrogen) atoms. The highest BCUT2D eigenvalue weighted by molar-refractivity contribution is 6.31. The van der Waals surface area contributed by atoms with Crippen molar-refractivity contribution in [3.05, 3.63) is 64.9 Å². The van der Waals surface area contributed by atoms with E-state index in [1.54, 1.807) is 30.3 Å². The molecule has 0 spiro atoms. The summed E-state index contributed by atoms with van der Waals surface area (Å²) < 4.78 is 11.0. The number of carbonyl (C=O) groups is 2. The Hall–Kier alpha value is -2.83. The second kappa shape index (κ2) is 8.04. The minimum atomic E-state index is -0.384. The molecule has 1 aliphatic heterocycles. The summed E-state index contributed by atoms with van der Waals surface area (Å²) in [5.74, 6) is -0.235. The van der Waals surface area contributed by atoms with Gasteiger partial charge in [-0.1, -0.05) is 23.7 Å². The van der Waals surface area contributed by atoms with Crippen LogP contribution in [0, 0.1) is 0 Å². The predicted molar refractivity (Wildman–Crippen MR) is 106 cm³/mol. The first kappa shape index (κ1) is 18.5. The van der Waals surface area contributed by atoms with E-state index in [9.17, 15) is 9.59 Å². The number of benzene rings is 2. The Morgan fingerprint density at radius 1 is 1.14 bits per heavy atom. The lowest BCUT2D eigenvalue weighted by molar-refractivity contribution is -0.124. The monoisotopic (exact) mass is 398 g/mol. The highest BCUT2D eigenvalue weighted by Gasteiger charge is 2.23. The Labute approximate surface area is 166 Å². The van der Waals surface area contributed by atoms with Gasteiger partial charge in [-0.25, -0.2) is 0 Å². The number of rotatable bonds is 5. The molecule has 0 bridgehead atoms. The third-order valence-corrected chi connectivity index (χ3v) is 4.81. The second-order valence-corrected chi connectivity index (χ2v) is 7.10. The zero-order chi connectivity index (χ0) is 19.5. The van der Waals surface area contributed by atoms with Crippen molar-refractivity contribution in [3.8, 4) is 0 Å². The fourth-order valence-electron chi connectivity index (χ4n) is 3.16. The fourth-order valence-corrected chi connectivity index (χ4v) is 3.34. The second-order valence-electron chi connectivity index (χ2n) is 6.67. The van der Waals surface area contributed by atoms with E-state index in [0.29, 0.717) is 29.4 Å². The summed E-state index contributed by atoms with van der Waals surface area (Å²) >= 11 is 5.96. The lowest BCUT2D eigenvalue weighted by Gasteiger charge is -2.11. The smallest absolute Gasteiger partial charge is 0.287 e. The Morgan fingerprint density at radius 3 is 2.86 bits per heavy atom. The first-order chi connectivity index (χ1) is 13.6. The molecule has 1 atom stereocenters. The van der Waals surface area contributed by atoms with Crippen molar-refractivity contribution in [2.75, 3.05) is 11.9 Å². The van der Waals surface area contributed by atoms with Crippen LogP contribution in [0.2, 0.25) is 5.02 Å². The SMILES string of the molecule is O=C(NCc1cccc(NC(=O)C2CCCO2)c1)c1cc2cc(Cl)ccc2o1. The predicted octanol–water partition coefficient (Wildman–Crippen LogP) is 4.13. The molecule has 0 saturated carbocycles. The van der Waals surface area contributed by atoms with Gasteiger partial charge in [-0.3, -0.25) is 9.59 Å². The van der Waals surface area contributed by atoms with E-state index in [0.717, 1.165) is 23.8 Å². The van der Waals surface area contributed by atoms with Crippen molar-refractivity contribution in [1.82, 2.24) is 5.32 Å². The molecule has 2 amide bonds. The number of anilines is 1. The van der Waals surface area contributed by atoms with Gasteiger partial charge in [-0.2, -0.15) is 0 Å². The molecule has 1 aliphatic rings. The molecular weight excluding hydrogens is 380 g/mol. The molecule has 1 unspecified atom stereocenters. The third kappa shape index (κ3) is 4.18. The number of amides is 2. The van der Waals surface area contributed by atoms with Gasteiger partial charge in [0.15, 0.2) is 5.76 Å². The Kier molecular flexibility index (Phi) is 5.32. The van der Waals surface area contributed by atoms with E-state index in [2.05, 4.69) is 10.6 Å². The summed E-state index contributed by atoms with van der Waals surface area (Å²) in [5, 5.41) is 7.04. The molecule has 144 valence electrons. The van der Waals surface area contributed by atoms with E-state index >= 15 is 0 Å². The van der Waals surface area contributed by atoms with Crippen molar-refractivity contribution >= 4 is 40.1 Å². The van der Waals surface area contributed by atoms with Gasteiger partial charge >= 0.3 is 0 Å². The number of furan rings is 1. The first-order valence-electron chi connectivity index (χ1n) is 9.07. The maximum Gasteiger partial charge on any atom is 0.287 e. The minimum Gasteiger partial charge on any atom is -0.451 e. The quantitative estimate of drug-likeness (QED) is 0.677. The van der Waals surface area contributed by atoms with Gasteiger partial charge in [0.05, 0.1) is 0 Å². The van der Waals surface area contributed by atoms with Gasteiger partial charge in [0.2, 0.25) is 0 Å². The van der Waals surface area contributed by atoms with Crippen molar-refractivity contribution in [1.29, 1.82) is 0 Å². The Morgan fingerprint density at radius 2 is 2.04 bits per heavy atom. The van der Waals surface area contributed by atoms with E-state index in [1.807, 2.05) is 18.2 Å². The maximum atomic E-state index is 12.4. The van der Waals surface area contributed by atoms with Crippen LogP contribution in [0.15, 0.2) is 52.9 Å². The number of carbonyl (C=O) groups excluding carboxylic acids is 2. The topological polar surface area (TPSA) is 80.6 Å². The van der Waals surface area contributed by atoms with Crippen LogP contribution >= 0.6 is 11.6 Å².